The summed E-state index contributed by atoms with van der Waals surface area (Å²) in [6, 6.07) is 7.73. The third kappa shape index (κ3) is 3.53. The first-order valence-electron chi connectivity index (χ1n) is 6.70. The summed E-state index contributed by atoms with van der Waals surface area (Å²) in [6.45, 7) is 3.24. The lowest BCUT2D eigenvalue weighted by molar-refractivity contribution is 0.0594. The summed E-state index contributed by atoms with van der Waals surface area (Å²) in [5.41, 5.74) is 2.04. The Morgan fingerprint density at radius 1 is 1.29 bits per heavy atom. The Balaban J connectivity index is 2.11. The number of rotatable bonds is 6. The number of nitrogens with zero attached hydrogens (tertiary/aromatic N) is 2. The maximum absolute atomic E-state index is 11.7. The van der Waals surface area contributed by atoms with Gasteiger partial charge in [-0.3, -0.25) is 4.68 Å². The lowest BCUT2D eigenvalue weighted by Gasteiger charge is -2.06. The van der Waals surface area contributed by atoms with Gasteiger partial charge < -0.3 is 14.8 Å². The summed E-state index contributed by atoms with van der Waals surface area (Å²) >= 11 is 0. The molecule has 0 bridgehead atoms. The number of benzene rings is 1. The van der Waals surface area contributed by atoms with Gasteiger partial charge in [-0.25, -0.2) is 4.79 Å². The Morgan fingerprint density at radius 3 is 2.57 bits per heavy atom. The number of methoxy groups -OCH3 is 2. The van der Waals surface area contributed by atoms with Gasteiger partial charge in [0, 0.05) is 19.3 Å². The molecule has 1 N–H and O–H groups in total. The van der Waals surface area contributed by atoms with Crippen molar-refractivity contribution >= 4 is 11.7 Å². The van der Waals surface area contributed by atoms with Crippen LogP contribution in [0.25, 0.3) is 0 Å². The monoisotopic (exact) mass is 289 g/mol. The van der Waals surface area contributed by atoms with E-state index in [2.05, 4.69) is 10.4 Å². The Morgan fingerprint density at radius 2 is 2.00 bits per heavy atom. The number of ether oxygens (including phenoxy) is 2. The SMILES string of the molecule is CCn1cc(NCc2ccc(OC)cc2)c(C(=O)OC)n1. The molecular weight excluding hydrogens is 270 g/mol. The summed E-state index contributed by atoms with van der Waals surface area (Å²) in [5, 5.41) is 7.41. The molecule has 6 heteroatoms. The van der Waals surface area contributed by atoms with E-state index in [9.17, 15) is 4.79 Å². The van der Waals surface area contributed by atoms with E-state index in [1.807, 2.05) is 31.2 Å². The molecule has 0 radical (unpaired) electrons. The van der Waals surface area contributed by atoms with Crippen LogP contribution < -0.4 is 10.1 Å². The fraction of sp³-hybridized carbons (Fsp3) is 0.333. The maximum atomic E-state index is 11.7. The molecule has 1 heterocycles. The highest BCUT2D eigenvalue weighted by molar-refractivity contribution is 5.93. The minimum Gasteiger partial charge on any atom is -0.497 e. The van der Waals surface area contributed by atoms with Crippen LogP contribution in [0, 0.1) is 0 Å². The van der Waals surface area contributed by atoms with Crippen LogP contribution in [0.1, 0.15) is 23.0 Å². The van der Waals surface area contributed by atoms with E-state index in [-0.39, 0.29) is 0 Å². The predicted molar refractivity (Wildman–Crippen MR) is 79.6 cm³/mol. The minimum absolute atomic E-state index is 0.299. The van der Waals surface area contributed by atoms with Gasteiger partial charge in [0.2, 0.25) is 0 Å². The van der Waals surface area contributed by atoms with Crippen LogP contribution in [0.5, 0.6) is 5.75 Å². The summed E-state index contributed by atoms with van der Waals surface area (Å²) in [4.78, 5) is 11.7. The van der Waals surface area contributed by atoms with Gasteiger partial charge >= 0.3 is 5.97 Å². The molecule has 0 aliphatic rings. The van der Waals surface area contributed by atoms with E-state index in [4.69, 9.17) is 9.47 Å². The van der Waals surface area contributed by atoms with Gasteiger partial charge in [-0.1, -0.05) is 12.1 Å². The molecule has 1 aromatic heterocycles. The first-order chi connectivity index (χ1) is 10.2. The molecule has 0 saturated heterocycles. The minimum atomic E-state index is -0.445. The third-order valence-electron chi connectivity index (χ3n) is 3.11. The van der Waals surface area contributed by atoms with Crippen LogP contribution in [-0.4, -0.2) is 30.0 Å². The number of aromatic nitrogens is 2. The molecule has 1 aromatic carbocycles. The van der Waals surface area contributed by atoms with Crippen LogP contribution in [0.15, 0.2) is 30.5 Å². The van der Waals surface area contributed by atoms with E-state index >= 15 is 0 Å². The Kier molecular flexibility index (Phi) is 4.81. The number of carbonyl (C=O) groups excluding carboxylic acids is 1. The van der Waals surface area contributed by atoms with Crippen LogP contribution >= 0.6 is 0 Å². The molecule has 0 aliphatic carbocycles. The zero-order chi connectivity index (χ0) is 15.2. The Hall–Kier alpha value is -2.50. The molecule has 0 unspecified atom stereocenters. The number of esters is 1. The molecular formula is C15H19N3O3. The van der Waals surface area contributed by atoms with Crippen LogP contribution in [0.3, 0.4) is 0 Å². The molecule has 21 heavy (non-hydrogen) atoms. The summed E-state index contributed by atoms with van der Waals surface area (Å²) < 4.78 is 11.6. The van der Waals surface area contributed by atoms with Gasteiger partial charge in [0.25, 0.3) is 0 Å². The van der Waals surface area contributed by atoms with Crippen molar-refractivity contribution in [2.24, 2.45) is 0 Å². The van der Waals surface area contributed by atoms with Gasteiger partial charge in [0.05, 0.1) is 19.9 Å². The first-order valence-corrected chi connectivity index (χ1v) is 6.70. The molecule has 112 valence electrons. The molecule has 2 aromatic rings. The number of anilines is 1. The van der Waals surface area contributed by atoms with Gasteiger partial charge in [-0.15, -0.1) is 0 Å². The first kappa shape index (κ1) is 14.9. The largest absolute Gasteiger partial charge is 0.497 e. The number of hydrogen-bond donors (Lipinski definition) is 1. The fourth-order valence-corrected chi connectivity index (χ4v) is 1.90. The van der Waals surface area contributed by atoms with Crippen molar-refractivity contribution < 1.29 is 14.3 Å². The van der Waals surface area contributed by atoms with Gasteiger partial charge in [0.1, 0.15) is 5.75 Å². The third-order valence-corrected chi connectivity index (χ3v) is 3.11. The highest BCUT2D eigenvalue weighted by Crippen LogP contribution is 2.17. The second-order valence-electron chi connectivity index (χ2n) is 4.44. The highest BCUT2D eigenvalue weighted by Gasteiger charge is 2.16. The lowest BCUT2D eigenvalue weighted by Crippen LogP contribution is -2.08. The number of carbonyl (C=O) groups is 1. The molecule has 0 spiro atoms. The molecule has 0 saturated carbocycles. The summed E-state index contributed by atoms with van der Waals surface area (Å²) in [7, 11) is 2.98. The van der Waals surface area contributed by atoms with Crippen molar-refractivity contribution in [3.05, 3.63) is 41.7 Å². The maximum Gasteiger partial charge on any atom is 0.360 e. The summed E-state index contributed by atoms with van der Waals surface area (Å²) in [6.07, 6.45) is 1.80. The molecule has 0 fully saturated rings. The fourth-order valence-electron chi connectivity index (χ4n) is 1.90. The zero-order valence-corrected chi connectivity index (χ0v) is 12.4. The van der Waals surface area contributed by atoms with E-state index in [0.29, 0.717) is 24.5 Å². The van der Waals surface area contributed by atoms with E-state index < -0.39 is 5.97 Å². The average molecular weight is 289 g/mol. The number of aryl methyl sites for hydroxylation is 1. The topological polar surface area (TPSA) is 65.4 Å². The van der Waals surface area contributed by atoms with E-state index in [1.165, 1.54) is 7.11 Å². The smallest absolute Gasteiger partial charge is 0.360 e. The molecule has 0 aliphatic heterocycles. The predicted octanol–water partition coefficient (Wildman–Crippen LogP) is 2.31. The average Bonchev–Trinajstić information content (AvgIpc) is 2.96. The number of nitrogens with one attached hydrogen (secondary N) is 1. The highest BCUT2D eigenvalue weighted by atomic mass is 16.5. The summed E-state index contributed by atoms with van der Waals surface area (Å²) in [5.74, 6) is 0.368. The second-order valence-corrected chi connectivity index (χ2v) is 4.44. The zero-order valence-electron chi connectivity index (χ0n) is 12.4. The van der Waals surface area contributed by atoms with Crippen molar-refractivity contribution in [2.45, 2.75) is 20.0 Å². The van der Waals surface area contributed by atoms with Crippen molar-refractivity contribution in [1.82, 2.24) is 9.78 Å². The second kappa shape index (κ2) is 6.78. The van der Waals surface area contributed by atoms with Gasteiger partial charge in [-0.05, 0) is 24.6 Å². The quantitative estimate of drug-likeness (QED) is 0.827. The van der Waals surface area contributed by atoms with Crippen molar-refractivity contribution in [2.75, 3.05) is 19.5 Å². The van der Waals surface area contributed by atoms with Gasteiger partial charge in [0.15, 0.2) is 5.69 Å². The Bertz CT molecular complexity index is 605. The van der Waals surface area contributed by atoms with Crippen LogP contribution in [-0.2, 0) is 17.8 Å². The van der Waals surface area contributed by atoms with Crippen molar-refractivity contribution in [1.29, 1.82) is 0 Å². The molecule has 0 atom stereocenters. The lowest BCUT2D eigenvalue weighted by atomic mass is 10.2. The molecule has 0 amide bonds. The molecule has 2 rings (SSSR count). The molecule has 6 nitrogen and oxygen atoms in total. The normalized spacial score (nSPS) is 10.2. The van der Waals surface area contributed by atoms with Crippen molar-refractivity contribution in [3.63, 3.8) is 0 Å². The van der Waals surface area contributed by atoms with Gasteiger partial charge in [-0.2, -0.15) is 5.10 Å². The van der Waals surface area contributed by atoms with E-state index in [0.717, 1.165) is 11.3 Å². The van der Waals surface area contributed by atoms with Crippen LogP contribution in [0.2, 0.25) is 0 Å². The Labute approximate surface area is 123 Å². The van der Waals surface area contributed by atoms with E-state index in [1.54, 1.807) is 18.0 Å². The number of hydrogen-bond acceptors (Lipinski definition) is 5. The van der Waals surface area contributed by atoms with Crippen LogP contribution in [0.4, 0.5) is 5.69 Å². The standard InChI is InChI=1S/C15H19N3O3/c1-4-18-10-13(14(17-18)15(19)21-3)16-9-11-5-7-12(20-2)8-6-11/h5-8,10,16H,4,9H2,1-3H3. The van der Waals surface area contributed by atoms with Crippen molar-refractivity contribution in [3.8, 4) is 5.75 Å².